The minimum atomic E-state index is -0.444. The number of para-hydroxylation sites is 1. The Bertz CT molecular complexity index is 920. The largest absolute Gasteiger partial charge is 0.271 e. The van der Waals surface area contributed by atoms with E-state index in [0.717, 1.165) is 11.4 Å². The average molecular weight is 357 g/mol. The summed E-state index contributed by atoms with van der Waals surface area (Å²) in [6, 6.07) is 14.7. The Morgan fingerprint density at radius 2 is 1.88 bits per heavy atom. The van der Waals surface area contributed by atoms with Crippen molar-refractivity contribution in [3.63, 3.8) is 0 Å². The van der Waals surface area contributed by atoms with E-state index in [-0.39, 0.29) is 5.15 Å². The van der Waals surface area contributed by atoms with Crippen molar-refractivity contribution >= 4 is 23.7 Å². The van der Waals surface area contributed by atoms with E-state index in [9.17, 15) is 9.18 Å². The van der Waals surface area contributed by atoms with Crippen LogP contribution in [0.2, 0.25) is 5.15 Å². The van der Waals surface area contributed by atoms with Crippen molar-refractivity contribution in [3.05, 3.63) is 82.4 Å². The molecule has 3 rings (SSSR count). The first kappa shape index (κ1) is 16.9. The third-order valence-corrected chi connectivity index (χ3v) is 3.86. The fourth-order valence-corrected chi connectivity index (χ4v) is 2.53. The second-order valence-corrected chi connectivity index (χ2v) is 5.60. The molecule has 0 spiro atoms. The molecule has 0 fully saturated rings. The molecular formula is C18H14ClFN4O. The van der Waals surface area contributed by atoms with Crippen LogP contribution < -0.4 is 5.43 Å². The molecule has 0 saturated carbocycles. The number of hydrogen-bond acceptors (Lipinski definition) is 3. The van der Waals surface area contributed by atoms with Crippen LogP contribution in [0.5, 0.6) is 0 Å². The Morgan fingerprint density at radius 1 is 1.20 bits per heavy atom. The average Bonchev–Trinajstić information content (AvgIpc) is 2.91. The van der Waals surface area contributed by atoms with E-state index in [0.29, 0.717) is 11.1 Å². The van der Waals surface area contributed by atoms with Crippen LogP contribution >= 0.6 is 11.6 Å². The molecule has 0 bridgehead atoms. The second kappa shape index (κ2) is 7.27. The van der Waals surface area contributed by atoms with E-state index in [4.69, 9.17) is 11.6 Å². The lowest BCUT2D eigenvalue weighted by atomic mass is 10.2. The van der Waals surface area contributed by atoms with E-state index < -0.39 is 11.7 Å². The zero-order chi connectivity index (χ0) is 17.8. The molecule has 1 N–H and O–H groups in total. The Morgan fingerprint density at radius 3 is 2.56 bits per heavy atom. The third-order valence-electron chi connectivity index (χ3n) is 3.58. The van der Waals surface area contributed by atoms with Gasteiger partial charge in [-0.25, -0.2) is 14.5 Å². The first-order chi connectivity index (χ1) is 12.1. The zero-order valence-electron chi connectivity index (χ0n) is 13.3. The molecule has 1 aromatic heterocycles. The normalized spacial score (nSPS) is 11.0. The summed E-state index contributed by atoms with van der Waals surface area (Å²) in [4.78, 5) is 11.9. The maximum atomic E-state index is 12.9. The number of hydrogen-bond donors (Lipinski definition) is 1. The van der Waals surface area contributed by atoms with Crippen molar-refractivity contribution in [2.75, 3.05) is 0 Å². The van der Waals surface area contributed by atoms with Gasteiger partial charge in [0.25, 0.3) is 5.91 Å². The number of benzene rings is 2. The zero-order valence-corrected chi connectivity index (χ0v) is 14.0. The standard InChI is InChI=1S/C18H14ClFN4O/c1-12-16(17(19)23-24(12)15-5-3-2-4-6-15)11-21-22-18(25)13-7-9-14(20)10-8-13/h2-11H,1H3,(H,22,25)/b21-11-. The van der Waals surface area contributed by atoms with Gasteiger partial charge in [-0.2, -0.15) is 10.2 Å². The number of halogens is 2. The molecule has 0 saturated heterocycles. The van der Waals surface area contributed by atoms with Crippen LogP contribution in [0.15, 0.2) is 59.7 Å². The van der Waals surface area contributed by atoms with Crippen LogP contribution in [-0.2, 0) is 0 Å². The molecule has 25 heavy (non-hydrogen) atoms. The van der Waals surface area contributed by atoms with Gasteiger partial charge < -0.3 is 0 Å². The van der Waals surface area contributed by atoms with E-state index in [1.165, 1.54) is 30.5 Å². The highest BCUT2D eigenvalue weighted by atomic mass is 35.5. The molecule has 5 nitrogen and oxygen atoms in total. The van der Waals surface area contributed by atoms with Crippen LogP contribution in [0.4, 0.5) is 4.39 Å². The molecule has 0 radical (unpaired) electrons. The summed E-state index contributed by atoms with van der Waals surface area (Å²) in [6.45, 7) is 1.86. The number of hydrazone groups is 1. The van der Waals surface area contributed by atoms with Crippen LogP contribution in [0.25, 0.3) is 5.69 Å². The van der Waals surface area contributed by atoms with Crippen molar-refractivity contribution in [3.8, 4) is 5.69 Å². The summed E-state index contributed by atoms with van der Waals surface area (Å²) in [5.41, 5.74) is 4.95. The molecule has 126 valence electrons. The number of rotatable bonds is 4. The number of nitrogens with one attached hydrogen (secondary N) is 1. The lowest BCUT2D eigenvalue weighted by Crippen LogP contribution is -2.17. The number of carbonyl (C=O) groups is 1. The van der Waals surface area contributed by atoms with Gasteiger partial charge in [0.1, 0.15) is 5.82 Å². The van der Waals surface area contributed by atoms with Crippen LogP contribution in [0.1, 0.15) is 21.6 Å². The maximum Gasteiger partial charge on any atom is 0.271 e. The van der Waals surface area contributed by atoms with Crippen LogP contribution in [-0.4, -0.2) is 21.9 Å². The van der Waals surface area contributed by atoms with E-state index >= 15 is 0 Å². The van der Waals surface area contributed by atoms with Gasteiger partial charge in [0.2, 0.25) is 0 Å². The molecule has 0 unspecified atom stereocenters. The van der Waals surface area contributed by atoms with Gasteiger partial charge in [0.05, 0.1) is 23.2 Å². The lowest BCUT2D eigenvalue weighted by Gasteiger charge is -2.03. The predicted molar refractivity (Wildman–Crippen MR) is 94.8 cm³/mol. The first-order valence-corrected chi connectivity index (χ1v) is 7.83. The molecular weight excluding hydrogens is 343 g/mol. The fraction of sp³-hybridized carbons (Fsp3) is 0.0556. The Kier molecular flexibility index (Phi) is 4.90. The molecule has 0 atom stereocenters. The molecule has 1 heterocycles. The summed E-state index contributed by atoms with van der Waals surface area (Å²) in [6.07, 6.45) is 1.44. The first-order valence-electron chi connectivity index (χ1n) is 7.46. The molecule has 0 aliphatic carbocycles. The van der Waals surface area contributed by atoms with Gasteiger partial charge >= 0.3 is 0 Å². The summed E-state index contributed by atoms with van der Waals surface area (Å²) >= 11 is 6.17. The SMILES string of the molecule is Cc1c(/C=N\NC(=O)c2ccc(F)cc2)c(Cl)nn1-c1ccccc1. The number of nitrogens with zero attached hydrogens (tertiary/aromatic N) is 3. The van der Waals surface area contributed by atoms with Gasteiger partial charge in [-0.3, -0.25) is 4.79 Å². The highest BCUT2D eigenvalue weighted by Crippen LogP contribution is 2.20. The summed E-state index contributed by atoms with van der Waals surface area (Å²) in [5.74, 6) is -0.851. The molecule has 1 amide bonds. The second-order valence-electron chi connectivity index (χ2n) is 5.24. The fourth-order valence-electron chi connectivity index (χ4n) is 2.27. The Hall–Kier alpha value is -2.99. The van der Waals surface area contributed by atoms with Crippen LogP contribution in [0, 0.1) is 12.7 Å². The smallest absolute Gasteiger partial charge is 0.267 e. The number of carbonyl (C=O) groups excluding carboxylic acids is 1. The highest BCUT2D eigenvalue weighted by Gasteiger charge is 2.12. The number of amides is 1. The van der Waals surface area contributed by atoms with E-state index in [1.54, 1.807) is 4.68 Å². The van der Waals surface area contributed by atoms with Crippen molar-refractivity contribution in [2.24, 2.45) is 5.10 Å². The highest BCUT2D eigenvalue weighted by molar-refractivity contribution is 6.32. The van der Waals surface area contributed by atoms with Gasteiger partial charge in [0, 0.05) is 5.56 Å². The number of aromatic nitrogens is 2. The molecule has 0 aliphatic heterocycles. The van der Waals surface area contributed by atoms with Crippen molar-refractivity contribution in [1.29, 1.82) is 0 Å². The molecule has 2 aromatic carbocycles. The van der Waals surface area contributed by atoms with Gasteiger partial charge in [0.15, 0.2) is 5.15 Å². The van der Waals surface area contributed by atoms with Gasteiger partial charge in [-0.05, 0) is 43.3 Å². The summed E-state index contributed by atoms with van der Waals surface area (Å²) in [7, 11) is 0. The van der Waals surface area contributed by atoms with Crippen molar-refractivity contribution in [1.82, 2.24) is 15.2 Å². The van der Waals surface area contributed by atoms with Crippen LogP contribution in [0.3, 0.4) is 0 Å². The monoisotopic (exact) mass is 356 g/mol. The predicted octanol–water partition coefficient (Wildman–Crippen LogP) is 3.74. The molecule has 7 heteroatoms. The van der Waals surface area contributed by atoms with Gasteiger partial charge in [-0.15, -0.1) is 0 Å². The van der Waals surface area contributed by atoms with Gasteiger partial charge in [-0.1, -0.05) is 29.8 Å². The molecule has 0 aliphatic rings. The maximum absolute atomic E-state index is 12.9. The Labute approximate surface area is 148 Å². The lowest BCUT2D eigenvalue weighted by molar-refractivity contribution is 0.0955. The summed E-state index contributed by atoms with van der Waals surface area (Å²) < 4.78 is 14.6. The minimum absolute atomic E-state index is 0.279. The minimum Gasteiger partial charge on any atom is -0.267 e. The third kappa shape index (κ3) is 3.75. The topological polar surface area (TPSA) is 59.3 Å². The Balaban J connectivity index is 1.77. The molecule has 3 aromatic rings. The van der Waals surface area contributed by atoms with E-state index in [2.05, 4.69) is 15.6 Å². The van der Waals surface area contributed by atoms with Crippen molar-refractivity contribution < 1.29 is 9.18 Å². The quantitative estimate of drug-likeness (QED) is 0.572. The van der Waals surface area contributed by atoms with E-state index in [1.807, 2.05) is 37.3 Å². The summed E-state index contributed by atoms with van der Waals surface area (Å²) in [5, 5.41) is 8.47. The van der Waals surface area contributed by atoms with Crippen molar-refractivity contribution in [2.45, 2.75) is 6.92 Å².